The summed E-state index contributed by atoms with van der Waals surface area (Å²) < 4.78 is 49.8. The molecule has 0 aliphatic carbocycles. The molecular formula is C12H15F3N2O3S. The maximum absolute atomic E-state index is 12.9. The molecule has 0 aromatic heterocycles. The van der Waals surface area contributed by atoms with E-state index in [-0.39, 0.29) is 11.7 Å². The van der Waals surface area contributed by atoms with Crippen LogP contribution in [0.15, 0.2) is 18.2 Å². The topological polar surface area (TPSA) is 72.2 Å². The van der Waals surface area contributed by atoms with Crippen LogP contribution in [-0.2, 0) is 17.0 Å². The third kappa shape index (κ3) is 5.33. The van der Waals surface area contributed by atoms with E-state index in [1.807, 2.05) is 0 Å². The average Bonchev–Trinajstić information content (AvgIpc) is 2.35. The van der Waals surface area contributed by atoms with Gasteiger partial charge in [0, 0.05) is 46.7 Å². The largest absolute Gasteiger partial charge is 0.418 e. The lowest BCUT2D eigenvalue weighted by Crippen LogP contribution is -2.20. The van der Waals surface area contributed by atoms with E-state index in [1.165, 1.54) is 6.26 Å². The van der Waals surface area contributed by atoms with E-state index in [1.54, 1.807) is 6.92 Å². The van der Waals surface area contributed by atoms with E-state index < -0.39 is 33.2 Å². The molecular weight excluding hydrogens is 309 g/mol. The molecule has 0 aliphatic heterocycles. The first-order chi connectivity index (χ1) is 9.61. The second-order valence-electron chi connectivity index (χ2n) is 4.60. The molecule has 0 amide bonds. The molecule has 0 radical (unpaired) electrons. The maximum Gasteiger partial charge on any atom is 0.418 e. The number of nitro benzene ring substituents is 1. The van der Waals surface area contributed by atoms with Crippen LogP contribution < -0.4 is 5.32 Å². The Morgan fingerprint density at radius 1 is 1.43 bits per heavy atom. The predicted octanol–water partition coefficient (Wildman–Crippen LogP) is 3.18. The Morgan fingerprint density at radius 3 is 2.52 bits per heavy atom. The molecule has 2 atom stereocenters. The van der Waals surface area contributed by atoms with Crippen LogP contribution in [-0.4, -0.2) is 27.2 Å². The summed E-state index contributed by atoms with van der Waals surface area (Å²) in [6, 6.07) is 2.23. The van der Waals surface area contributed by atoms with Crippen molar-refractivity contribution in [1.82, 2.24) is 0 Å². The maximum atomic E-state index is 12.9. The quantitative estimate of drug-likeness (QED) is 0.644. The lowest BCUT2D eigenvalue weighted by Gasteiger charge is -2.19. The zero-order valence-electron chi connectivity index (χ0n) is 11.4. The highest BCUT2D eigenvalue weighted by Crippen LogP contribution is 2.37. The van der Waals surface area contributed by atoms with E-state index in [0.29, 0.717) is 18.2 Å². The first-order valence-electron chi connectivity index (χ1n) is 6.03. The molecule has 0 fully saturated rings. The van der Waals surface area contributed by atoms with Gasteiger partial charge in [0.05, 0.1) is 10.5 Å². The van der Waals surface area contributed by atoms with E-state index in [9.17, 15) is 27.5 Å². The Morgan fingerprint density at radius 2 is 2.05 bits per heavy atom. The number of hydrogen-bond acceptors (Lipinski definition) is 4. The van der Waals surface area contributed by atoms with Crippen molar-refractivity contribution in [2.24, 2.45) is 0 Å². The molecule has 5 nitrogen and oxygen atoms in total. The number of hydrogen-bond donors (Lipinski definition) is 1. The van der Waals surface area contributed by atoms with Crippen LogP contribution in [0.5, 0.6) is 0 Å². The number of rotatable bonds is 6. The molecule has 118 valence electrons. The van der Waals surface area contributed by atoms with Crippen LogP contribution in [0.4, 0.5) is 24.5 Å². The molecule has 9 heteroatoms. The van der Waals surface area contributed by atoms with Gasteiger partial charge in [-0.2, -0.15) is 13.2 Å². The second-order valence-corrected chi connectivity index (χ2v) is 6.15. The van der Waals surface area contributed by atoms with Gasteiger partial charge in [0.25, 0.3) is 5.69 Å². The fourth-order valence-electron chi connectivity index (χ4n) is 1.69. The summed E-state index contributed by atoms with van der Waals surface area (Å²) in [5.74, 6) is 0.364. The number of nitro groups is 1. The monoisotopic (exact) mass is 324 g/mol. The summed E-state index contributed by atoms with van der Waals surface area (Å²) in [6.45, 7) is 1.66. The van der Waals surface area contributed by atoms with Crippen LogP contribution in [0, 0.1) is 10.1 Å². The van der Waals surface area contributed by atoms with Gasteiger partial charge in [-0.15, -0.1) is 0 Å². The standard InChI is InChI=1S/C12H15F3N2O3S/c1-8(5-6-21(2)20)16-11-4-3-9(17(18)19)7-10(11)12(13,14)15/h3-4,7-8,16H,5-6H2,1-2H3. The fourth-order valence-corrected chi connectivity index (χ4v) is 2.37. The van der Waals surface area contributed by atoms with Crippen molar-refractivity contribution >= 4 is 22.2 Å². The lowest BCUT2D eigenvalue weighted by molar-refractivity contribution is -0.385. The highest BCUT2D eigenvalue weighted by atomic mass is 32.2. The van der Waals surface area contributed by atoms with Crippen molar-refractivity contribution in [3.63, 3.8) is 0 Å². The fraction of sp³-hybridized carbons (Fsp3) is 0.500. The van der Waals surface area contributed by atoms with Gasteiger partial charge >= 0.3 is 6.18 Å². The van der Waals surface area contributed by atoms with Crippen molar-refractivity contribution in [3.8, 4) is 0 Å². The molecule has 1 N–H and O–H groups in total. The molecule has 0 bridgehead atoms. The third-order valence-corrected chi connectivity index (χ3v) is 3.57. The number of anilines is 1. The summed E-state index contributed by atoms with van der Waals surface area (Å²) in [7, 11) is -1.03. The Balaban J connectivity index is 3.00. The third-order valence-electron chi connectivity index (χ3n) is 2.76. The van der Waals surface area contributed by atoms with E-state index in [0.717, 1.165) is 12.1 Å². The molecule has 0 spiro atoms. The Bertz CT molecular complexity index is 549. The summed E-state index contributed by atoms with van der Waals surface area (Å²) >= 11 is 0. The normalized spacial score (nSPS) is 14.5. The second kappa shape index (κ2) is 6.88. The van der Waals surface area contributed by atoms with Crippen LogP contribution in [0.3, 0.4) is 0 Å². The molecule has 21 heavy (non-hydrogen) atoms. The van der Waals surface area contributed by atoms with Gasteiger partial charge in [-0.05, 0) is 19.4 Å². The number of nitrogens with one attached hydrogen (secondary N) is 1. The average molecular weight is 324 g/mol. The number of alkyl halides is 3. The van der Waals surface area contributed by atoms with Crippen molar-refractivity contribution in [2.45, 2.75) is 25.6 Å². The van der Waals surface area contributed by atoms with Crippen LogP contribution >= 0.6 is 0 Å². The molecule has 0 aliphatic rings. The van der Waals surface area contributed by atoms with Crippen LogP contribution in [0.25, 0.3) is 0 Å². The number of non-ortho nitro benzene ring substituents is 1. The molecule has 1 rings (SSSR count). The molecule has 0 saturated carbocycles. The van der Waals surface area contributed by atoms with Gasteiger partial charge in [-0.25, -0.2) is 0 Å². The van der Waals surface area contributed by atoms with Gasteiger partial charge in [0.2, 0.25) is 0 Å². The van der Waals surface area contributed by atoms with Gasteiger partial charge in [-0.1, -0.05) is 0 Å². The van der Waals surface area contributed by atoms with Crippen LogP contribution in [0.2, 0.25) is 0 Å². The van der Waals surface area contributed by atoms with Crippen molar-refractivity contribution in [3.05, 3.63) is 33.9 Å². The Labute approximate surface area is 122 Å². The molecule has 0 heterocycles. The smallest absolute Gasteiger partial charge is 0.382 e. The molecule has 1 aromatic rings. The molecule has 2 unspecified atom stereocenters. The van der Waals surface area contributed by atoms with Gasteiger partial charge < -0.3 is 5.32 Å². The number of nitrogens with zero attached hydrogens (tertiary/aromatic N) is 1. The summed E-state index contributed by atoms with van der Waals surface area (Å²) in [6.07, 6.45) is -2.75. The van der Waals surface area contributed by atoms with Gasteiger partial charge in [-0.3, -0.25) is 14.3 Å². The molecule has 0 saturated heterocycles. The van der Waals surface area contributed by atoms with Crippen molar-refractivity contribution in [2.75, 3.05) is 17.3 Å². The molecule has 1 aromatic carbocycles. The van der Waals surface area contributed by atoms with Gasteiger partial charge in [0.1, 0.15) is 0 Å². The highest BCUT2D eigenvalue weighted by Gasteiger charge is 2.35. The van der Waals surface area contributed by atoms with E-state index in [2.05, 4.69) is 5.32 Å². The minimum atomic E-state index is -4.69. The first kappa shape index (κ1) is 17.4. The predicted molar refractivity (Wildman–Crippen MR) is 74.7 cm³/mol. The van der Waals surface area contributed by atoms with Gasteiger partial charge in [0.15, 0.2) is 0 Å². The van der Waals surface area contributed by atoms with Crippen molar-refractivity contribution in [1.29, 1.82) is 0 Å². The summed E-state index contributed by atoms with van der Waals surface area (Å²) in [5.41, 5.74) is -1.92. The van der Waals surface area contributed by atoms with E-state index >= 15 is 0 Å². The SMILES string of the molecule is CC(CCS(C)=O)Nc1ccc([N+](=O)[O-])cc1C(F)(F)F. The minimum Gasteiger partial charge on any atom is -0.382 e. The van der Waals surface area contributed by atoms with Crippen molar-refractivity contribution < 1.29 is 22.3 Å². The van der Waals surface area contributed by atoms with E-state index in [4.69, 9.17) is 0 Å². The summed E-state index contributed by atoms with van der Waals surface area (Å²) in [5, 5.41) is 13.2. The zero-order chi connectivity index (χ0) is 16.2. The first-order valence-corrected chi connectivity index (χ1v) is 7.76. The van der Waals surface area contributed by atoms with Crippen LogP contribution in [0.1, 0.15) is 18.9 Å². The minimum absolute atomic E-state index is 0.220. The highest BCUT2D eigenvalue weighted by molar-refractivity contribution is 7.84. The Kier molecular flexibility index (Phi) is 5.70. The zero-order valence-corrected chi connectivity index (χ0v) is 12.3. The Hall–Kier alpha value is -1.64. The summed E-state index contributed by atoms with van der Waals surface area (Å²) in [4.78, 5) is 9.70. The number of benzene rings is 1. The number of halogens is 3. The lowest BCUT2D eigenvalue weighted by atomic mass is 10.1.